The Balaban J connectivity index is 4.13. The smallest absolute Gasteiger partial charge is 0.130 e. The number of hydrogen-bond donors (Lipinski definition) is 1. The van der Waals surface area contributed by atoms with E-state index >= 15 is 0 Å². The summed E-state index contributed by atoms with van der Waals surface area (Å²) in [5.41, 5.74) is 5.82. The fourth-order valence-electron chi connectivity index (χ4n) is 0.444. The van der Waals surface area contributed by atoms with Crippen LogP contribution in [0.15, 0.2) is 17.9 Å². The van der Waals surface area contributed by atoms with Crippen LogP contribution in [0.2, 0.25) is 19.6 Å². The molecule has 0 radical (unpaired) electrons. The molecule has 0 aromatic carbocycles. The van der Waals surface area contributed by atoms with Gasteiger partial charge in [-0.05, 0) is 17.9 Å². The minimum Gasteiger partial charge on any atom is -0.392 e. The molecule has 0 aromatic rings. The summed E-state index contributed by atoms with van der Waals surface area (Å²) in [5.74, 6) is 8.22. The van der Waals surface area contributed by atoms with Crippen LogP contribution in [0, 0.1) is 23.3 Å². The van der Waals surface area contributed by atoms with Crippen LogP contribution < -0.4 is 0 Å². The third kappa shape index (κ3) is 10.8. The molecule has 1 N–H and O–H groups in total. The summed E-state index contributed by atoms with van der Waals surface area (Å²) in [6.07, 6.45) is 3.05. The average molecular weight is 190 g/mol. The van der Waals surface area contributed by atoms with Gasteiger partial charge in [-0.2, -0.15) is 0 Å². The van der Waals surface area contributed by atoms with E-state index in [0.29, 0.717) is 0 Å². The zero-order chi connectivity index (χ0) is 10.2. The molecule has 0 aliphatic carbocycles. The molecule has 0 aliphatic heterocycles. The Morgan fingerprint density at radius 3 is 2.46 bits per heavy atom. The lowest BCUT2D eigenvalue weighted by atomic mass is 10.5. The monoisotopic (exact) mass is 190 g/mol. The zero-order valence-corrected chi connectivity index (χ0v) is 9.31. The molecule has 0 unspecified atom stereocenters. The van der Waals surface area contributed by atoms with Gasteiger partial charge in [-0.25, -0.2) is 0 Å². The fraction of sp³-hybridized carbons (Fsp3) is 0.364. The highest BCUT2D eigenvalue weighted by atomic mass is 28.3. The molecule has 0 saturated heterocycles. The van der Waals surface area contributed by atoms with Crippen LogP contribution >= 0.6 is 0 Å². The fourth-order valence-corrected chi connectivity index (χ4v) is 0.882. The predicted molar refractivity (Wildman–Crippen MR) is 58.6 cm³/mol. The van der Waals surface area contributed by atoms with Crippen molar-refractivity contribution < 1.29 is 5.11 Å². The molecule has 0 rings (SSSR count). The minimum absolute atomic E-state index is 0.00123. The summed E-state index contributed by atoms with van der Waals surface area (Å²) in [6.45, 7) is 6.51. The Hall–Kier alpha value is -1.18. The molecule has 0 aliphatic rings. The standard InChI is InChI=1S/C11H14OSi/c1-13(2,3)11-9-7-5-4-6-8-10-12/h4,8,12H,10H2,1-3H3. The molecule has 0 spiro atoms. The highest BCUT2D eigenvalue weighted by Crippen LogP contribution is 1.95. The van der Waals surface area contributed by atoms with Crippen molar-refractivity contribution in [3.8, 4) is 23.3 Å². The van der Waals surface area contributed by atoms with Crippen LogP contribution in [0.25, 0.3) is 0 Å². The summed E-state index contributed by atoms with van der Waals surface area (Å²) in [5, 5.41) is 8.37. The molecular formula is C11H14OSi. The van der Waals surface area contributed by atoms with Crippen LogP contribution in [0.4, 0.5) is 0 Å². The minimum atomic E-state index is -1.28. The van der Waals surface area contributed by atoms with Crippen molar-refractivity contribution in [1.29, 1.82) is 0 Å². The molecule has 0 saturated carbocycles. The molecule has 0 fully saturated rings. The van der Waals surface area contributed by atoms with E-state index in [1.54, 1.807) is 6.08 Å². The maximum Gasteiger partial charge on any atom is 0.130 e. The van der Waals surface area contributed by atoms with Crippen molar-refractivity contribution in [2.75, 3.05) is 6.61 Å². The Labute approximate surface area is 81.2 Å². The molecule has 2 heteroatoms. The summed E-state index contributed by atoms with van der Waals surface area (Å²) in [7, 11) is -1.28. The van der Waals surface area contributed by atoms with E-state index in [9.17, 15) is 0 Å². The first-order valence-corrected chi connectivity index (χ1v) is 7.59. The molecule has 1 nitrogen and oxygen atoms in total. The van der Waals surface area contributed by atoms with Crippen molar-refractivity contribution in [3.05, 3.63) is 17.9 Å². The van der Waals surface area contributed by atoms with Crippen LogP contribution in [0.3, 0.4) is 0 Å². The van der Waals surface area contributed by atoms with Crippen molar-refractivity contribution in [2.45, 2.75) is 19.6 Å². The van der Waals surface area contributed by atoms with Gasteiger partial charge in [0, 0.05) is 6.08 Å². The van der Waals surface area contributed by atoms with E-state index in [-0.39, 0.29) is 6.61 Å². The molecular weight excluding hydrogens is 176 g/mol. The third-order valence-corrected chi connectivity index (χ3v) is 1.81. The Kier molecular flexibility index (Phi) is 5.77. The van der Waals surface area contributed by atoms with E-state index < -0.39 is 8.07 Å². The van der Waals surface area contributed by atoms with Gasteiger partial charge >= 0.3 is 0 Å². The second kappa shape index (κ2) is 6.35. The first kappa shape index (κ1) is 11.8. The van der Waals surface area contributed by atoms with Crippen LogP contribution in [-0.2, 0) is 0 Å². The lowest BCUT2D eigenvalue weighted by Crippen LogP contribution is -2.16. The van der Waals surface area contributed by atoms with Crippen molar-refractivity contribution in [1.82, 2.24) is 0 Å². The molecule has 13 heavy (non-hydrogen) atoms. The number of rotatable bonds is 1. The van der Waals surface area contributed by atoms with Crippen LogP contribution in [0.1, 0.15) is 0 Å². The van der Waals surface area contributed by atoms with Gasteiger partial charge in [0.25, 0.3) is 0 Å². The molecule has 0 atom stereocenters. The summed E-state index contributed by atoms with van der Waals surface area (Å²) < 4.78 is 0. The van der Waals surface area contributed by atoms with Gasteiger partial charge in [0.2, 0.25) is 0 Å². The average Bonchev–Trinajstić information content (AvgIpc) is 2.01. The second-order valence-corrected chi connectivity index (χ2v) is 8.22. The van der Waals surface area contributed by atoms with Gasteiger partial charge in [-0.15, -0.1) is 11.3 Å². The quantitative estimate of drug-likeness (QED) is 0.378. The molecule has 0 bridgehead atoms. The Morgan fingerprint density at radius 1 is 1.23 bits per heavy atom. The van der Waals surface area contributed by atoms with Crippen molar-refractivity contribution >= 4 is 8.07 Å². The topological polar surface area (TPSA) is 20.2 Å². The summed E-state index contributed by atoms with van der Waals surface area (Å²) in [4.78, 5) is 0. The number of aliphatic hydroxyl groups excluding tert-OH is 1. The molecule has 0 amide bonds. The van der Waals surface area contributed by atoms with Gasteiger partial charge in [-0.1, -0.05) is 25.6 Å². The maximum absolute atomic E-state index is 8.37. The van der Waals surface area contributed by atoms with E-state index in [0.717, 1.165) is 0 Å². The third-order valence-electron chi connectivity index (χ3n) is 0.937. The SMILES string of the molecule is C[Si](C)(C)C#CC#CC=C=CCO. The maximum atomic E-state index is 8.37. The highest BCUT2D eigenvalue weighted by molar-refractivity contribution is 6.83. The van der Waals surface area contributed by atoms with Crippen molar-refractivity contribution in [3.63, 3.8) is 0 Å². The lowest BCUT2D eigenvalue weighted by molar-refractivity contribution is 0.343. The molecule has 0 heterocycles. The molecule has 0 aromatic heterocycles. The first-order chi connectivity index (χ1) is 6.06. The molecule has 68 valence electrons. The van der Waals surface area contributed by atoms with E-state index in [1.807, 2.05) is 0 Å². The van der Waals surface area contributed by atoms with Gasteiger partial charge in [0.05, 0.1) is 6.61 Å². The second-order valence-electron chi connectivity index (χ2n) is 3.47. The Bertz CT molecular complexity index is 319. The normalized spacial score (nSPS) is 8.31. The van der Waals surface area contributed by atoms with Gasteiger partial charge < -0.3 is 5.11 Å². The summed E-state index contributed by atoms with van der Waals surface area (Å²) in [6, 6.07) is 0. The largest absolute Gasteiger partial charge is 0.392 e. The van der Waals surface area contributed by atoms with E-state index in [2.05, 4.69) is 48.7 Å². The van der Waals surface area contributed by atoms with Gasteiger partial charge in [-0.3, -0.25) is 0 Å². The van der Waals surface area contributed by atoms with Crippen LogP contribution in [-0.4, -0.2) is 19.8 Å². The van der Waals surface area contributed by atoms with Gasteiger partial charge in [0.1, 0.15) is 8.07 Å². The lowest BCUT2D eigenvalue weighted by Gasteiger charge is -2.01. The van der Waals surface area contributed by atoms with Crippen LogP contribution in [0.5, 0.6) is 0 Å². The van der Waals surface area contributed by atoms with Gasteiger partial charge in [0.15, 0.2) is 0 Å². The first-order valence-electron chi connectivity index (χ1n) is 4.09. The summed E-state index contributed by atoms with van der Waals surface area (Å²) >= 11 is 0. The van der Waals surface area contributed by atoms with E-state index in [4.69, 9.17) is 5.11 Å². The predicted octanol–water partition coefficient (Wildman–Crippen LogP) is 1.57. The number of aliphatic hydroxyl groups is 1. The number of hydrogen-bond acceptors (Lipinski definition) is 1. The zero-order valence-electron chi connectivity index (χ0n) is 8.31. The van der Waals surface area contributed by atoms with Crippen molar-refractivity contribution in [2.24, 2.45) is 0 Å². The highest BCUT2D eigenvalue weighted by Gasteiger charge is 2.06. The Morgan fingerprint density at radius 2 is 1.92 bits per heavy atom. The van der Waals surface area contributed by atoms with E-state index in [1.165, 1.54) is 6.08 Å².